The number of aromatic carboxylic acids is 2. The molecule has 2 N–H and O–H groups in total. The molecule has 0 amide bonds. The molecule has 0 spiro atoms. The second-order valence-corrected chi connectivity index (χ2v) is 19.5. The van der Waals surface area contributed by atoms with E-state index in [0.29, 0.717) is 93.0 Å². The standard InChI is InChI=1S/2C30H28F3N3O4/c2*1-39-22-15-13-21(14-16-22)20-11-9-19(10-12-20)18-40-26-7-3-2-5-23(26)25-6-4-8-27(35-25)36-28(30(31,32)33)24(17-34-36)29(37)38/h2*2-12,17,21-22H,13-16,18H2,1H3,(H,37,38). The van der Waals surface area contributed by atoms with E-state index in [2.05, 4.69) is 68.7 Å². The minimum Gasteiger partial charge on any atom is -0.488 e. The summed E-state index contributed by atoms with van der Waals surface area (Å²) in [7, 11) is 3.54. The van der Waals surface area contributed by atoms with Gasteiger partial charge in [-0.1, -0.05) is 84.9 Å². The lowest BCUT2D eigenvalue weighted by atomic mass is 9.82. The number of nitrogens with zero attached hydrogens (tertiary/aromatic N) is 6. The van der Waals surface area contributed by atoms with E-state index in [1.807, 2.05) is 0 Å². The molecule has 2 aliphatic carbocycles. The number of para-hydroxylation sites is 2. The van der Waals surface area contributed by atoms with E-state index in [1.54, 1.807) is 74.9 Å². The van der Waals surface area contributed by atoms with Gasteiger partial charge in [0.05, 0.1) is 36.0 Å². The van der Waals surface area contributed by atoms with Crippen LogP contribution < -0.4 is 9.47 Å². The number of carboxylic acid groups (broad SMARTS) is 2. The van der Waals surface area contributed by atoms with Crippen LogP contribution in [0.5, 0.6) is 11.5 Å². The summed E-state index contributed by atoms with van der Waals surface area (Å²) in [6, 6.07) is 40.0. The fourth-order valence-corrected chi connectivity index (χ4v) is 10.3. The lowest BCUT2D eigenvalue weighted by molar-refractivity contribution is -0.144. The van der Waals surface area contributed by atoms with Crippen LogP contribution in [0.15, 0.2) is 146 Å². The summed E-state index contributed by atoms with van der Waals surface area (Å²) in [5.41, 5.74) is 1.77. The molecule has 20 heteroatoms. The monoisotopic (exact) mass is 1100 g/mol. The second-order valence-electron chi connectivity index (χ2n) is 19.5. The molecule has 4 aromatic carbocycles. The van der Waals surface area contributed by atoms with Crippen LogP contribution in [0.3, 0.4) is 0 Å². The van der Waals surface area contributed by atoms with Gasteiger partial charge in [0.2, 0.25) is 0 Å². The Bertz CT molecular complexity index is 3180. The zero-order valence-electron chi connectivity index (χ0n) is 43.5. The van der Waals surface area contributed by atoms with Gasteiger partial charge < -0.3 is 29.2 Å². The molecule has 4 heterocycles. The highest BCUT2D eigenvalue weighted by molar-refractivity contribution is 5.89. The zero-order chi connectivity index (χ0) is 56.6. The summed E-state index contributed by atoms with van der Waals surface area (Å²) >= 11 is 0. The molecular formula is C60H56F6N6O8. The molecule has 14 nitrogen and oxygen atoms in total. The Balaban J connectivity index is 0.000000194. The molecule has 0 aliphatic heterocycles. The third-order valence-electron chi connectivity index (χ3n) is 14.5. The van der Waals surface area contributed by atoms with E-state index >= 15 is 0 Å². The van der Waals surface area contributed by atoms with E-state index in [0.717, 1.165) is 62.5 Å². The Morgan fingerprint density at radius 1 is 0.500 bits per heavy atom. The average Bonchev–Trinajstić information content (AvgIpc) is 4.16. The molecule has 4 aromatic heterocycles. The van der Waals surface area contributed by atoms with Crippen molar-refractivity contribution in [2.24, 2.45) is 0 Å². The normalized spacial score (nSPS) is 17.5. The maximum absolute atomic E-state index is 13.7. The predicted molar refractivity (Wildman–Crippen MR) is 283 cm³/mol. The van der Waals surface area contributed by atoms with Crippen molar-refractivity contribution in [2.45, 2.75) is 101 Å². The zero-order valence-corrected chi connectivity index (χ0v) is 43.5. The average molecular weight is 1100 g/mol. The predicted octanol–water partition coefficient (Wildman–Crippen LogP) is 13.8. The molecule has 2 saturated carbocycles. The van der Waals surface area contributed by atoms with Crippen molar-refractivity contribution < 1.29 is 65.1 Å². The number of hydrogen-bond acceptors (Lipinski definition) is 10. The highest BCUT2D eigenvalue weighted by Crippen LogP contribution is 2.39. The van der Waals surface area contributed by atoms with Crippen molar-refractivity contribution in [3.8, 4) is 45.6 Å². The number of carbonyl (C=O) groups is 2. The molecule has 80 heavy (non-hydrogen) atoms. The molecule has 10 rings (SSSR count). The maximum atomic E-state index is 13.7. The molecule has 416 valence electrons. The van der Waals surface area contributed by atoms with Crippen LogP contribution in [0, 0.1) is 0 Å². The van der Waals surface area contributed by atoms with Gasteiger partial charge in [0.25, 0.3) is 0 Å². The minimum absolute atomic E-state index is 0.165. The Hall–Kier alpha value is -8.36. The van der Waals surface area contributed by atoms with Crippen molar-refractivity contribution in [1.29, 1.82) is 0 Å². The quantitative estimate of drug-likeness (QED) is 0.0878. The Morgan fingerprint density at radius 2 is 0.863 bits per heavy atom. The second kappa shape index (κ2) is 24.8. The van der Waals surface area contributed by atoms with Crippen molar-refractivity contribution in [3.05, 3.63) is 191 Å². The summed E-state index contributed by atoms with van der Waals surface area (Å²) in [6.45, 7) is 0.597. The summed E-state index contributed by atoms with van der Waals surface area (Å²) in [6.07, 6.45) is 0.856. The van der Waals surface area contributed by atoms with Gasteiger partial charge >= 0.3 is 24.3 Å². The third-order valence-corrected chi connectivity index (χ3v) is 14.5. The molecular weight excluding hydrogens is 1050 g/mol. The number of hydrogen-bond donors (Lipinski definition) is 2. The van der Waals surface area contributed by atoms with E-state index in [9.17, 15) is 46.1 Å². The molecule has 0 bridgehead atoms. The number of aromatic nitrogens is 6. The first-order valence-electron chi connectivity index (χ1n) is 25.9. The molecule has 0 radical (unpaired) electrons. The Morgan fingerprint density at radius 3 is 1.20 bits per heavy atom. The van der Waals surface area contributed by atoms with Gasteiger partial charge in [0.1, 0.15) is 35.8 Å². The number of carboxylic acids is 2. The van der Waals surface area contributed by atoms with E-state index in [1.165, 1.54) is 35.4 Å². The van der Waals surface area contributed by atoms with Gasteiger partial charge in [-0.05, 0) is 134 Å². The molecule has 0 saturated heterocycles. The minimum atomic E-state index is -4.94. The highest BCUT2D eigenvalue weighted by atomic mass is 19.4. The first-order valence-corrected chi connectivity index (χ1v) is 25.9. The fourth-order valence-electron chi connectivity index (χ4n) is 10.3. The Labute approximate surface area is 456 Å². The van der Waals surface area contributed by atoms with Gasteiger partial charge in [-0.15, -0.1) is 0 Å². The SMILES string of the molecule is COC1CCC(c2ccc(COc3ccccc3-c3cccc(-n4ncc(C(=O)O)c4C(F)(F)F)n3)cc2)CC1.COC1CCC(c2ccc(COc3ccccc3-c3cccc(-n4ncc(C(=O)O)c4C(F)(F)F)n3)cc2)CC1. The highest BCUT2D eigenvalue weighted by Gasteiger charge is 2.42. The van der Waals surface area contributed by atoms with E-state index in [-0.39, 0.29) is 11.6 Å². The lowest BCUT2D eigenvalue weighted by Crippen LogP contribution is -2.19. The van der Waals surface area contributed by atoms with Crippen LogP contribution in [0.4, 0.5) is 26.3 Å². The van der Waals surface area contributed by atoms with Crippen LogP contribution >= 0.6 is 0 Å². The smallest absolute Gasteiger partial charge is 0.434 e. The maximum Gasteiger partial charge on any atom is 0.434 e. The van der Waals surface area contributed by atoms with Crippen LogP contribution in [-0.2, 0) is 35.0 Å². The summed E-state index contributed by atoms with van der Waals surface area (Å²) in [5.74, 6) is -1.70. The Kier molecular flexibility index (Phi) is 17.4. The van der Waals surface area contributed by atoms with Gasteiger partial charge in [0, 0.05) is 25.3 Å². The van der Waals surface area contributed by atoms with Crippen molar-refractivity contribution >= 4 is 11.9 Å². The van der Waals surface area contributed by atoms with Crippen LogP contribution in [0.1, 0.15) is 118 Å². The van der Waals surface area contributed by atoms with Gasteiger partial charge in [-0.2, -0.15) is 36.5 Å². The molecule has 0 atom stereocenters. The lowest BCUT2D eigenvalue weighted by Gasteiger charge is -2.27. The number of halogens is 6. The summed E-state index contributed by atoms with van der Waals surface area (Å²) in [4.78, 5) is 31.5. The number of ether oxygens (including phenoxy) is 4. The van der Waals surface area contributed by atoms with Crippen LogP contribution in [0.2, 0.25) is 0 Å². The number of alkyl halides is 6. The number of methoxy groups -OCH3 is 2. The first kappa shape index (κ1) is 56.4. The van der Waals surface area contributed by atoms with Crippen molar-refractivity contribution in [2.75, 3.05) is 14.2 Å². The van der Waals surface area contributed by atoms with Gasteiger partial charge in [-0.3, -0.25) is 0 Å². The fraction of sp³-hybridized carbons (Fsp3) is 0.300. The van der Waals surface area contributed by atoms with Crippen molar-refractivity contribution in [3.63, 3.8) is 0 Å². The molecule has 0 unspecified atom stereocenters. The first-order chi connectivity index (χ1) is 38.5. The van der Waals surface area contributed by atoms with Crippen molar-refractivity contribution in [1.82, 2.24) is 29.5 Å². The van der Waals surface area contributed by atoms with E-state index < -0.39 is 46.8 Å². The van der Waals surface area contributed by atoms with Crippen LogP contribution in [-0.4, -0.2) is 78.1 Å². The summed E-state index contributed by atoms with van der Waals surface area (Å²) in [5, 5.41) is 25.8. The third kappa shape index (κ3) is 13.2. The molecule has 8 aromatic rings. The largest absolute Gasteiger partial charge is 0.488 e. The topological polar surface area (TPSA) is 173 Å². The molecule has 2 fully saturated rings. The van der Waals surface area contributed by atoms with Gasteiger partial charge in [0.15, 0.2) is 23.0 Å². The molecule has 2 aliphatic rings. The summed E-state index contributed by atoms with van der Waals surface area (Å²) < 4.78 is 107. The number of rotatable bonds is 16. The van der Waals surface area contributed by atoms with Crippen LogP contribution in [0.25, 0.3) is 34.2 Å². The number of pyridine rings is 2. The number of benzene rings is 4. The van der Waals surface area contributed by atoms with Gasteiger partial charge in [-0.25, -0.2) is 28.9 Å². The van der Waals surface area contributed by atoms with E-state index in [4.69, 9.17) is 18.9 Å².